The molecule has 1 amide bonds. The van der Waals surface area contributed by atoms with E-state index in [9.17, 15) is 4.79 Å². The molecular formula is C31H34FN3O2. The van der Waals surface area contributed by atoms with Crippen molar-refractivity contribution < 1.29 is 13.9 Å². The molecule has 1 aliphatic rings. The van der Waals surface area contributed by atoms with Gasteiger partial charge in [-0.25, -0.2) is 4.39 Å². The van der Waals surface area contributed by atoms with Crippen molar-refractivity contribution in [2.75, 3.05) is 33.3 Å². The summed E-state index contributed by atoms with van der Waals surface area (Å²) in [5.41, 5.74) is 3.70. The molecule has 1 aromatic heterocycles. The highest BCUT2D eigenvalue weighted by Crippen LogP contribution is 2.36. The number of nitrogens with zero attached hydrogens (tertiary/aromatic N) is 2. The lowest BCUT2D eigenvalue weighted by molar-refractivity contribution is -0.121. The van der Waals surface area contributed by atoms with Crippen LogP contribution < -0.4 is 10.1 Å². The summed E-state index contributed by atoms with van der Waals surface area (Å²) in [6.45, 7) is 4.33. The number of carbonyl (C=O) groups excluding carboxylic acids is 1. The van der Waals surface area contributed by atoms with Gasteiger partial charge in [-0.15, -0.1) is 0 Å². The Balaban J connectivity index is 1.44. The van der Waals surface area contributed by atoms with E-state index in [1.165, 1.54) is 18.9 Å². The number of halogens is 1. The Morgan fingerprint density at radius 1 is 0.973 bits per heavy atom. The number of nitrogens with one attached hydrogen (secondary N) is 1. The summed E-state index contributed by atoms with van der Waals surface area (Å²) in [4.78, 5) is 15.5. The number of fused-ring (bicyclic) bond motifs is 1. The zero-order valence-corrected chi connectivity index (χ0v) is 21.3. The lowest BCUT2D eigenvalue weighted by Crippen LogP contribution is -2.34. The second-order valence-corrected chi connectivity index (χ2v) is 9.75. The van der Waals surface area contributed by atoms with Crippen molar-refractivity contribution >= 4 is 16.8 Å². The van der Waals surface area contributed by atoms with Crippen LogP contribution in [0.25, 0.3) is 10.9 Å². The number of benzene rings is 3. The second kappa shape index (κ2) is 11.6. The van der Waals surface area contributed by atoms with Crippen molar-refractivity contribution in [2.24, 2.45) is 0 Å². The van der Waals surface area contributed by atoms with Crippen LogP contribution in [0.2, 0.25) is 0 Å². The molecule has 0 radical (unpaired) electrons. The fraction of sp³-hybridized carbons (Fsp3) is 0.323. The van der Waals surface area contributed by atoms with Crippen molar-refractivity contribution in [1.29, 1.82) is 0 Å². The topological polar surface area (TPSA) is 46.5 Å². The van der Waals surface area contributed by atoms with Gasteiger partial charge in [0.25, 0.3) is 0 Å². The normalized spacial score (nSPS) is 14.6. The van der Waals surface area contributed by atoms with Crippen LogP contribution in [0.4, 0.5) is 4.39 Å². The summed E-state index contributed by atoms with van der Waals surface area (Å²) in [6.07, 6.45) is 4.73. The summed E-state index contributed by atoms with van der Waals surface area (Å²) in [5, 5.41) is 4.12. The molecule has 37 heavy (non-hydrogen) atoms. The molecule has 4 aromatic rings. The van der Waals surface area contributed by atoms with Crippen LogP contribution in [0, 0.1) is 5.82 Å². The highest BCUT2D eigenvalue weighted by atomic mass is 19.1. The third kappa shape index (κ3) is 5.86. The van der Waals surface area contributed by atoms with E-state index in [-0.39, 0.29) is 18.1 Å². The van der Waals surface area contributed by atoms with E-state index in [4.69, 9.17) is 4.74 Å². The average Bonchev–Trinajstić information content (AvgIpc) is 3.57. The van der Waals surface area contributed by atoms with Crippen molar-refractivity contribution in [3.8, 4) is 5.75 Å². The van der Waals surface area contributed by atoms with Crippen LogP contribution in [0.3, 0.4) is 0 Å². The maximum absolute atomic E-state index is 15.1. The van der Waals surface area contributed by atoms with Crippen LogP contribution >= 0.6 is 0 Å². The summed E-state index contributed by atoms with van der Waals surface area (Å²) < 4.78 is 22.6. The monoisotopic (exact) mass is 499 g/mol. The molecule has 2 heterocycles. The zero-order valence-electron chi connectivity index (χ0n) is 21.3. The molecule has 0 aliphatic carbocycles. The number of rotatable bonds is 10. The molecule has 0 unspecified atom stereocenters. The fourth-order valence-corrected chi connectivity index (χ4v) is 5.37. The van der Waals surface area contributed by atoms with Gasteiger partial charge in [-0.3, -0.25) is 4.79 Å². The van der Waals surface area contributed by atoms with E-state index >= 15 is 4.39 Å². The van der Waals surface area contributed by atoms with Crippen LogP contribution in [-0.2, 0) is 11.3 Å². The molecule has 1 aliphatic heterocycles. The Labute approximate surface area is 217 Å². The molecule has 1 atom stereocenters. The van der Waals surface area contributed by atoms with Crippen LogP contribution in [-0.4, -0.2) is 48.7 Å². The first-order valence-corrected chi connectivity index (χ1v) is 13.1. The maximum Gasteiger partial charge on any atom is 0.220 e. The quantitative estimate of drug-likeness (QED) is 0.310. The van der Waals surface area contributed by atoms with Crippen molar-refractivity contribution in [2.45, 2.75) is 31.7 Å². The van der Waals surface area contributed by atoms with Gasteiger partial charge in [0, 0.05) is 49.1 Å². The van der Waals surface area contributed by atoms with E-state index in [0.717, 1.165) is 47.4 Å². The number of hydrogen-bond donors (Lipinski definition) is 1. The first kappa shape index (κ1) is 25.0. The minimum atomic E-state index is -0.394. The number of ether oxygens (including phenoxy) is 1. The van der Waals surface area contributed by atoms with E-state index < -0.39 is 5.92 Å². The highest BCUT2D eigenvalue weighted by molar-refractivity contribution is 5.86. The molecule has 3 aromatic carbocycles. The van der Waals surface area contributed by atoms with Crippen molar-refractivity contribution in [1.82, 2.24) is 14.8 Å². The lowest BCUT2D eigenvalue weighted by Gasteiger charge is -2.19. The SMILES string of the molecule is COc1ccc(Cn2cc([C@H](CC(=O)NCCN3CCCC3)c3ccccc3F)c3ccccc32)cc1. The van der Waals surface area contributed by atoms with Gasteiger partial charge in [-0.2, -0.15) is 0 Å². The van der Waals surface area contributed by atoms with Crippen molar-refractivity contribution in [3.63, 3.8) is 0 Å². The third-order valence-electron chi connectivity index (χ3n) is 7.33. The second-order valence-electron chi connectivity index (χ2n) is 9.75. The molecule has 1 fully saturated rings. The van der Waals surface area contributed by atoms with E-state index in [1.807, 2.05) is 30.3 Å². The predicted molar refractivity (Wildman–Crippen MR) is 146 cm³/mol. The molecule has 192 valence electrons. The minimum absolute atomic E-state index is 0.0561. The summed E-state index contributed by atoms with van der Waals surface area (Å²) >= 11 is 0. The first-order chi connectivity index (χ1) is 18.1. The van der Waals surface area contributed by atoms with Gasteiger partial charge in [-0.1, -0.05) is 48.5 Å². The van der Waals surface area contributed by atoms with E-state index in [0.29, 0.717) is 18.7 Å². The molecule has 0 saturated carbocycles. The minimum Gasteiger partial charge on any atom is -0.497 e. The summed E-state index contributed by atoms with van der Waals surface area (Å²) in [7, 11) is 1.66. The number of hydrogen-bond acceptors (Lipinski definition) is 3. The van der Waals surface area contributed by atoms with Crippen LogP contribution in [0.15, 0.2) is 79.0 Å². The molecular weight excluding hydrogens is 465 g/mol. The number of aromatic nitrogens is 1. The van der Waals surface area contributed by atoms with Gasteiger partial charge < -0.3 is 19.5 Å². The lowest BCUT2D eigenvalue weighted by atomic mass is 9.87. The van der Waals surface area contributed by atoms with Crippen molar-refractivity contribution in [3.05, 3.63) is 102 Å². The third-order valence-corrected chi connectivity index (χ3v) is 7.33. The number of para-hydroxylation sites is 1. The van der Waals surface area contributed by atoms with E-state index in [1.54, 1.807) is 19.2 Å². The molecule has 0 bridgehead atoms. The molecule has 5 rings (SSSR count). The fourth-order valence-electron chi connectivity index (χ4n) is 5.37. The maximum atomic E-state index is 15.1. The number of likely N-dealkylation sites (tertiary alicyclic amines) is 1. The largest absolute Gasteiger partial charge is 0.497 e. The molecule has 1 N–H and O–H groups in total. The predicted octanol–water partition coefficient (Wildman–Crippen LogP) is 5.57. The average molecular weight is 500 g/mol. The number of amides is 1. The highest BCUT2D eigenvalue weighted by Gasteiger charge is 2.25. The Bertz CT molecular complexity index is 1340. The summed E-state index contributed by atoms with van der Waals surface area (Å²) in [6, 6.07) is 23.0. The van der Waals surface area contributed by atoms with Crippen LogP contribution in [0.1, 0.15) is 41.9 Å². The van der Waals surface area contributed by atoms with Gasteiger partial charge in [0.2, 0.25) is 5.91 Å². The van der Waals surface area contributed by atoms with Gasteiger partial charge in [0.05, 0.1) is 7.11 Å². The molecule has 5 nitrogen and oxygen atoms in total. The van der Waals surface area contributed by atoms with Gasteiger partial charge in [0.15, 0.2) is 0 Å². The smallest absolute Gasteiger partial charge is 0.220 e. The van der Waals surface area contributed by atoms with Gasteiger partial charge in [-0.05, 0) is 66.9 Å². The van der Waals surface area contributed by atoms with Gasteiger partial charge in [0.1, 0.15) is 11.6 Å². The first-order valence-electron chi connectivity index (χ1n) is 13.1. The summed E-state index contributed by atoms with van der Waals surface area (Å²) in [5.74, 6) is 0.0796. The van der Waals surface area contributed by atoms with E-state index in [2.05, 4.69) is 45.2 Å². The zero-order chi connectivity index (χ0) is 25.6. The standard InChI is InChI=1S/C31H34FN3O2/c1-37-24-14-12-23(13-15-24)21-35-22-28(26-9-3-5-11-30(26)35)27(25-8-2-4-10-29(25)32)20-31(36)33-16-19-34-17-6-7-18-34/h2-5,8-15,22,27H,6-7,16-21H2,1H3,(H,33,36)/t27-/m1/s1. The number of carbonyl (C=O) groups is 1. The Morgan fingerprint density at radius 2 is 1.70 bits per heavy atom. The molecule has 0 spiro atoms. The Morgan fingerprint density at radius 3 is 2.46 bits per heavy atom. The Hall–Kier alpha value is -3.64. The molecule has 6 heteroatoms. The Kier molecular flexibility index (Phi) is 7.85. The van der Waals surface area contributed by atoms with Gasteiger partial charge >= 0.3 is 0 Å². The van der Waals surface area contributed by atoms with Crippen LogP contribution in [0.5, 0.6) is 5.75 Å². The number of methoxy groups -OCH3 is 1. The molecule has 1 saturated heterocycles.